The van der Waals surface area contributed by atoms with Gasteiger partial charge in [0.05, 0.1) is 15.7 Å². The summed E-state index contributed by atoms with van der Waals surface area (Å²) in [6.45, 7) is 0.425. The van der Waals surface area contributed by atoms with E-state index in [0.717, 1.165) is 5.56 Å². The molecule has 0 aliphatic carbocycles. The first-order chi connectivity index (χ1) is 12.5. The van der Waals surface area contributed by atoms with Gasteiger partial charge in [-0.2, -0.15) is 0 Å². The molecule has 3 rings (SSSR count). The van der Waals surface area contributed by atoms with Crippen molar-refractivity contribution in [3.05, 3.63) is 82.0 Å². The lowest BCUT2D eigenvalue weighted by Crippen LogP contribution is -2.15. The molecule has 26 heavy (non-hydrogen) atoms. The van der Waals surface area contributed by atoms with Crippen molar-refractivity contribution < 1.29 is 9.18 Å². The standard InChI is InChI=1S/C18H13Cl2FN4O/c19-13-2-1-3-14(20)17(13)25-18(26)15-8-16(24-10-23-15)22-9-11-4-6-12(21)7-5-11/h1-8,10H,9H2,(H,25,26)(H,22,23,24). The minimum atomic E-state index is -0.466. The Morgan fingerprint density at radius 1 is 1.04 bits per heavy atom. The Morgan fingerprint density at radius 2 is 1.73 bits per heavy atom. The minimum Gasteiger partial charge on any atom is -0.366 e. The zero-order valence-corrected chi connectivity index (χ0v) is 14.9. The maximum absolute atomic E-state index is 12.9. The van der Waals surface area contributed by atoms with Gasteiger partial charge in [-0.3, -0.25) is 4.79 Å². The fourth-order valence-electron chi connectivity index (χ4n) is 2.17. The fraction of sp³-hybridized carbons (Fsp3) is 0.0556. The molecule has 1 aromatic heterocycles. The van der Waals surface area contributed by atoms with Crippen molar-refractivity contribution in [1.29, 1.82) is 0 Å². The molecule has 5 nitrogen and oxygen atoms in total. The van der Waals surface area contributed by atoms with Gasteiger partial charge in [-0.15, -0.1) is 0 Å². The first-order valence-electron chi connectivity index (χ1n) is 7.58. The molecule has 0 bridgehead atoms. The van der Waals surface area contributed by atoms with Gasteiger partial charge in [-0.1, -0.05) is 41.4 Å². The Bertz CT molecular complexity index is 914. The monoisotopic (exact) mass is 390 g/mol. The molecule has 0 fully saturated rings. The van der Waals surface area contributed by atoms with Crippen LogP contribution in [0.25, 0.3) is 0 Å². The number of carbonyl (C=O) groups excluding carboxylic acids is 1. The molecule has 0 atom stereocenters. The summed E-state index contributed by atoms with van der Waals surface area (Å²) < 4.78 is 12.9. The summed E-state index contributed by atoms with van der Waals surface area (Å²) in [7, 11) is 0. The van der Waals surface area contributed by atoms with Gasteiger partial charge >= 0.3 is 0 Å². The van der Waals surface area contributed by atoms with Gasteiger partial charge in [0.2, 0.25) is 0 Å². The van der Waals surface area contributed by atoms with Crippen molar-refractivity contribution in [3.63, 3.8) is 0 Å². The first-order valence-corrected chi connectivity index (χ1v) is 8.34. The number of rotatable bonds is 5. The van der Waals surface area contributed by atoms with Crippen molar-refractivity contribution in [3.8, 4) is 0 Å². The van der Waals surface area contributed by atoms with Gasteiger partial charge in [0.1, 0.15) is 23.7 Å². The molecule has 2 N–H and O–H groups in total. The van der Waals surface area contributed by atoms with Gasteiger partial charge in [-0.05, 0) is 29.8 Å². The Labute approximate surface area is 159 Å². The largest absolute Gasteiger partial charge is 0.366 e. The summed E-state index contributed by atoms with van der Waals surface area (Å²) >= 11 is 12.1. The molecule has 0 spiro atoms. The van der Waals surface area contributed by atoms with Crippen LogP contribution in [0.15, 0.2) is 54.9 Å². The van der Waals surface area contributed by atoms with Crippen LogP contribution >= 0.6 is 23.2 Å². The smallest absolute Gasteiger partial charge is 0.274 e. The lowest BCUT2D eigenvalue weighted by atomic mass is 10.2. The molecule has 132 valence electrons. The van der Waals surface area contributed by atoms with Gasteiger partial charge in [-0.25, -0.2) is 14.4 Å². The Kier molecular flexibility index (Phi) is 5.65. The van der Waals surface area contributed by atoms with Gasteiger partial charge in [0.15, 0.2) is 0 Å². The third-order valence-corrected chi connectivity index (χ3v) is 4.12. The highest BCUT2D eigenvalue weighted by Crippen LogP contribution is 2.30. The van der Waals surface area contributed by atoms with Crippen molar-refractivity contribution in [2.75, 3.05) is 10.6 Å². The number of halogens is 3. The molecule has 8 heteroatoms. The van der Waals surface area contributed by atoms with E-state index in [0.29, 0.717) is 28.1 Å². The number of amides is 1. The quantitative estimate of drug-likeness (QED) is 0.657. The number of hydrogen-bond donors (Lipinski definition) is 2. The van der Waals surface area contributed by atoms with Crippen LogP contribution in [0.1, 0.15) is 16.1 Å². The molecule has 0 saturated heterocycles. The SMILES string of the molecule is O=C(Nc1c(Cl)cccc1Cl)c1cc(NCc2ccc(F)cc2)ncn1. The second kappa shape index (κ2) is 8.12. The van der Waals surface area contributed by atoms with Crippen molar-refractivity contribution in [1.82, 2.24) is 9.97 Å². The highest BCUT2D eigenvalue weighted by atomic mass is 35.5. The second-order valence-corrected chi connectivity index (χ2v) is 6.13. The van der Waals surface area contributed by atoms with Crippen molar-refractivity contribution >= 4 is 40.6 Å². The van der Waals surface area contributed by atoms with Gasteiger partial charge in [0.25, 0.3) is 5.91 Å². The third-order valence-electron chi connectivity index (χ3n) is 3.49. The summed E-state index contributed by atoms with van der Waals surface area (Å²) in [5.74, 6) is -0.306. The zero-order chi connectivity index (χ0) is 18.5. The summed E-state index contributed by atoms with van der Waals surface area (Å²) in [5, 5.41) is 6.35. The Hall–Kier alpha value is -2.70. The number of benzene rings is 2. The Balaban J connectivity index is 1.70. The topological polar surface area (TPSA) is 66.9 Å². The molecule has 1 heterocycles. The molecule has 1 amide bonds. The lowest BCUT2D eigenvalue weighted by Gasteiger charge is -2.10. The molecular formula is C18H13Cl2FN4O. The van der Waals surface area contributed by atoms with Crippen LogP contribution in [0.4, 0.5) is 15.9 Å². The van der Waals surface area contributed by atoms with Crippen LogP contribution in [0, 0.1) is 5.82 Å². The van der Waals surface area contributed by atoms with Crippen LogP contribution in [0.2, 0.25) is 10.0 Å². The maximum atomic E-state index is 12.9. The average Bonchev–Trinajstić information content (AvgIpc) is 2.64. The van der Waals surface area contributed by atoms with E-state index in [4.69, 9.17) is 23.2 Å². The maximum Gasteiger partial charge on any atom is 0.274 e. The number of nitrogens with one attached hydrogen (secondary N) is 2. The molecule has 0 aliphatic heterocycles. The molecular weight excluding hydrogens is 378 g/mol. The Morgan fingerprint density at radius 3 is 2.42 bits per heavy atom. The summed E-state index contributed by atoms with van der Waals surface area (Å²) in [5.41, 5.74) is 1.34. The average molecular weight is 391 g/mol. The molecule has 0 radical (unpaired) electrons. The van der Waals surface area contributed by atoms with Crippen LogP contribution < -0.4 is 10.6 Å². The number of hydrogen-bond acceptors (Lipinski definition) is 4. The van der Waals surface area contributed by atoms with E-state index in [1.807, 2.05) is 0 Å². The number of nitrogens with zero attached hydrogens (tertiary/aromatic N) is 2. The van der Waals surface area contributed by atoms with Crippen molar-refractivity contribution in [2.24, 2.45) is 0 Å². The van der Waals surface area contributed by atoms with E-state index >= 15 is 0 Å². The van der Waals surface area contributed by atoms with E-state index in [-0.39, 0.29) is 11.5 Å². The van der Waals surface area contributed by atoms with Crippen LogP contribution in [-0.2, 0) is 6.54 Å². The van der Waals surface area contributed by atoms with E-state index in [2.05, 4.69) is 20.6 Å². The van der Waals surface area contributed by atoms with E-state index in [9.17, 15) is 9.18 Å². The molecule has 0 unspecified atom stereocenters. The fourth-order valence-corrected chi connectivity index (χ4v) is 2.66. The van der Waals surface area contributed by atoms with Crippen LogP contribution in [0.3, 0.4) is 0 Å². The summed E-state index contributed by atoms with van der Waals surface area (Å²) in [6, 6.07) is 12.5. The zero-order valence-electron chi connectivity index (χ0n) is 13.3. The highest BCUT2D eigenvalue weighted by Gasteiger charge is 2.13. The summed E-state index contributed by atoms with van der Waals surface area (Å²) in [6.07, 6.45) is 1.27. The van der Waals surface area contributed by atoms with E-state index in [1.54, 1.807) is 30.3 Å². The highest BCUT2D eigenvalue weighted by molar-refractivity contribution is 6.40. The van der Waals surface area contributed by atoms with E-state index < -0.39 is 5.91 Å². The molecule has 2 aromatic carbocycles. The minimum absolute atomic E-state index is 0.151. The number of para-hydroxylation sites is 1. The first kappa shape index (κ1) is 18.1. The van der Waals surface area contributed by atoms with Gasteiger partial charge < -0.3 is 10.6 Å². The van der Waals surface area contributed by atoms with Crippen molar-refractivity contribution in [2.45, 2.75) is 6.54 Å². The van der Waals surface area contributed by atoms with Crippen LogP contribution in [0.5, 0.6) is 0 Å². The lowest BCUT2D eigenvalue weighted by molar-refractivity contribution is 0.102. The second-order valence-electron chi connectivity index (χ2n) is 5.32. The normalized spacial score (nSPS) is 10.4. The molecule has 0 saturated carbocycles. The van der Waals surface area contributed by atoms with Gasteiger partial charge in [0, 0.05) is 12.6 Å². The number of carbonyl (C=O) groups is 1. The number of aromatic nitrogens is 2. The third kappa shape index (κ3) is 4.47. The predicted octanol–water partition coefficient (Wildman–Crippen LogP) is 4.79. The molecule has 0 aliphatic rings. The molecule has 3 aromatic rings. The predicted molar refractivity (Wildman–Crippen MR) is 100 cm³/mol. The number of anilines is 2. The summed E-state index contributed by atoms with van der Waals surface area (Å²) in [4.78, 5) is 20.4. The van der Waals surface area contributed by atoms with E-state index in [1.165, 1.54) is 24.5 Å². The van der Waals surface area contributed by atoms with Crippen LogP contribution in [-0.4, -0.2) is 15.9 Å².